The second-order valence-electron chi connectivity index (χ2n) is 6.95. The maximum atomic E-state index is 5.18. The molecule has 1 aliphatic rings. The van der Waals surface area contributed by atoms with E-state index in [0.29, 0.717) is 10.8 Å². The molecule has 1 saturated heterocycles. The molecule has 0 aromatic heterocycles. The van der Waals surface area contributed by atoms with Crippen molar-refractivity contribution in [2.45, 2.75) is 40.5 Å². The fraction of sp³-hybridized carbons (Fsp3) is 1.00. The van der Waals surface area contributed by atoms with Crippen molar-refractivity contribution in [2.75, 3.05) is 39.9 Å². The van der Waals surface area contributed by atoms with Crippen LogP contribution >= 0.6 is 0 Å². The topological polar surface area (TPSA) is 33.3 Å². The van der Waals surface area contributed by atoms with E-state index in [2.05, 4.69) is 38.3 Å². The fourth-order valence-corrected chi connectivity index (χ4v) is 2.73. The van der Waals surface area contributed by atoms with Crippen LogP contribution in [-0.2, 0) is 4.74 Å². The largest absolute Gasteiger partial charge is 0.385 e. The molecule has 0 aliphatic carbocycles. The Bertz CT molecular complexity index is 233. The van der Waals surface area contributed by atoms with Gasteiger partial charge in [0.2, 0.25) is 0 Å². The van der Waals surface area contributed by atoms with E-state index < -0.39 is 0 Å². The Morgan fingerprint density at radius 2 is 2.11 bits per heavy atom. The minimum Gasteiger partial charge on any atom is -0.385 e. The molecule has 1 rings (SSSR count). The van der Waals surface area contributed by atoms with Crippen LogP contribution in [0.1, 0.15) is 40.5 Å². The number of rotatable bonds is 8. The lowest BCUT2D eigenvalue weighted by Crippen LogP contribution is -2.43. The zero-order valence-electron chi connectivity index (χ0n) is 12.9. The first kappa shape index (κ1) is 15.9. The van der Waals surface area contributed by atoms with Crippen LogP contribution in [0.5, 0.6) is 0 Å². The third kappa shape index (κ3) is 4.52. The van der Waals surface area contributed by atoms with Crippen LogP contribution in [0.2, 0.25) is 0 Å². The Morgan fingerprint density at radius 1 is 1.39 bits per heavy atom. The molecular formula is C15H32N2O. The van der Waals surface area contributed by atoms with Gasteiger partial charge in [0.05, 0.1) is 0 Å². The lowest BCUT2D eigenvalue weighted by Gasteiger charge is -2.35. The van der Waals surface area contributed by atoms with Crippen LogP contribution in [0, 0.1) is 16.7 Å². The van der Waals surface area contributed by atoms with Crippen molar-refractivity contribution in [3.8, 4) is 0 Å². The predicted molar refractivity (Wildman–Crippen MR) is 77.9 cm³/mol. The Hall–Kier alpha value is -0.120. The van der Waals surface area contributed by atoms with Gasteiger partial charge in [0.1, 0.15) is 0 Å². The predicted octanol–water partition coefficient (Wildman–Crippen LogP) is 2.27. The van der Waals surface area contributed by atoms with Gasteiger partial charge in [-0.15, -0.1) is 0 Å². The van der Waals surface area contributed by atoms with Crippen molar-refractivity contribution in [3.05, 3.63) is 0 Å². The molecule has 1 unspecified atom stereocenters. The first-order chi connectivity index (χ1) is 8.42. The van der Waals surface area contributed by atoms with E-state index in [1.165, 1.54) is 13.0 Å². The van der Waals surface area contributed by atoms with Gasteiger partial charge in [0.15, 0.2) is 0 Å². The Kier molecular flexibility index (Phi) is 6.09. The summed E-state index contributed by atoms with van der Waals surface area (Å²) >= 11 is 0. The summed E-state index contributed by atoms with van der Waals surface area (Å²) in [6.45, 7) is 14.7. The van der Waals surface area contributed by atoms with Crippen LogP contribution in [0.25, 0.3) is 0 Å². The summed E-state index contributed by atoms with van der Waals surface area (Å²) in [7, 11) is 1.78. The molecule has 1 fully saturated rings. The molecule has 0 saturated carbocycles. The van der Waals surface area contributed by atoms with E-state index in [4.69, 9.17) is 4.74 Å². The van der Waals surface area contributed by atoms with Crippen LogP contribution < -0.4 is 10.6 Å². The molecular weight excluding hydrogens is 224 g/mol. The number of methoxy groups -OCH3 is 1. The van der Waals surface area contributed by atoms with Gasteiger partial charge < -0.3 is 15.4 Å². The number of ether oxygens (including phenoxy) is 1. The molecule has 1 heterocycles. The summed E-state index contributed by atoms with van der Waals surface area (Å²) in [6, 6.07) is 0. The summed E-state index contributed by atoms with van der Waals surface area (Å²) in [5, 5.41) is 7.22. The highest BCUT2D eigenvalue weighted by atomic mass is 16.5. The molecule has 0 spiro atoms. The van der Waals surface area contributed by atoms with Gasteiger partial charge in [0, 0.05) is 33.4 Å². The van der Waals surface area contributed by atoms with Crippen molar-refractivity contribution >= 4 is 0 Å². The van der Waals surface area contributed by atoms with E-state index in [1.807, 2.05) is 0 Å². The lowest BCUT2D eigenvalue weighted by atomic mass is 9.76. The van der Waals surface area contributed by atoms with Gasteiger partial charge in [-0.1, -0.05) is 27.7 Å². The van der Waals surface area contributed by atoms with Crippen molar-refractivity contribution < 1.29 is 4.74 Å². The molecule has 3 heteroatoms. The van der Waals surface area contributed by atoms with Gasteiger partial charge in [-0.05, 0) is 36.1 Å². The Labute approximate surface area is 113 Å². The molecule has 1 atom stereocenters. The highest BCUT2D eigenvalue weighted by molar-refractivity contribution is 4.92. The van der Waals surface area contributed by atoms with E-state index in [1.54, 1.807) is 7.11 Å². The summed E-state index contributed by atoms with van der Waals surface area (Å²) in [5.41, 5.74) is 0.775. The van der Waals surface area contributed by atoms with Crippen molar-refractivity contribution in [1.29, 1.82) is 0 Å². The van der Waals surface area contributed by atoms with E-state index in [9.17, 15) is 0 Å². The minimum atomic E-state index is 0.320. The lowest BCUT2D eigenvalue weighted by molar-refractivity contribution is 0.143. The van der Waals surface area contributed by atoms with Crippen molar-refractivity contribution in [1.82, 2.24) is 10.6 Å². The summed E-state index contributed by atoms with van der Waals surface area (Å²) in [6.07, 6.45) is 2.42. The normalized spacial score (nSPS) is 25.0. The van der Waals surface area contributed by atoms with E-state index >= 15 is 0 Å². The quantitative estimate of drug-likeness (QED) is 0.699. The maximum Gasteiger partial charge on any atom is 0.0467 e. The first-order valence-corrected chi connectivity index (χ1v) is 7.32. The summed E-state index contributed by atoms with van der Waals surface area (Å²) in [5.74, 6) is 0.738. The molecule has 0 bridgehead atoms. The maximum absolute atomic E-state index is 5.18. The third-order valence-electron chi connectivity index (χ3n) is 4.57. The smallest absolute Gasteiger partial charge is 0.0467 e. The van der Waals surface area contributed by atoms with Crippen LogP contribution in [0.15, 0.2) is 0 Å². The highest BCUT2D eigenvalue weighted by Gasteiger charge is 2.36. The molecule has 2 N–H and O–H groups in total. The zero-order valence-corrected chi connectivity index (χ0v) is 12.9. The summed E-state index contributed by atoms with van der Waals surface area (Å²) in [4.78, 5) is 0. The second kappa shape index (κ2) is 6.88. The molecule has 0 aromatic rings. The molecule has 18 heavy (non-hydrogen) atoms. The molecule has 108 valence electrons. The van der Waals surface area contributed by atoms with Crippen molar-refractivity contribution in [3.63, 3.8) is 0 Å². The Balaban J connectivity index is 2.35. The van der Waals surface area contributed by atoms with Crippen LogP contribution in [0.4, 0.5) is 0 Å². The summed E-state index contributed by atoms with van der Waals surface area (Å²) < 4.78 is 5.18. The first-order valence-electron chi connectivity index (χ1n) is 7.32. The van der Waals surface area contributed by atoms with Crippen LogP contribution in [0.3, 0.4) is 0 Å². The van der Waals surface area contributed by atoms with Gasteiger partial charge in [-0.3, -0.25) is 0 Å². The number of hydrogen-bond donors (Lipinski definition) is 2. The van der Waals surface area contributed by atoms with E-state index in [0.717, 1.165) is 38.6 Å². The average molecular weight is 256 g/mol. The monoisotopic (exact) mass is 256 g/mol. The van der Waals surface area contributed by atoms with Gasteiger partial charge in [-0.25, -0.2) is 0 Å². The van der Waals surface area contributed by atoms with Gasteiger partial charge in [-0.2, -0.15) is 0 Å². The number of hydrogen-bond acceptors (Lipinski definition) is 3. The SMILES string of the molecule is COCCC(C)(C)CNCC1(C(C)C)CCNC1. The molecule has 3 nitrogen and oxygen atoms in total. The standard InChI is InChI=1S/C15H32N2O/c1-13(2)15(6-8-16-11-15)12-17-10-14(3,4)7-9-18-5/h13,16-17H,6-12H2,1-5H3. The van der Waals surface area contributed by atoms with Crippen molar-refractivity contribution in [2.24, 2.45) is 16.7 Å². The second-order valence-corrected chi connectivity index (χ2v) is 6.95. The molecule has 0 aromatic carbocycles. The molecule has 1 aliphatic heterocycles. The van der Waals surface area contributed by atoms with Crippen LogP contribution in [-0.4, -0.2) is 39.9 Å². The fourth-order valence-electron chi connectivity index (χ4n) is 2.73. The molecule has 0 radical (unpaired) electrons. The number of nitrogens with one attached hydrogen (secondary N) is 2. The van der Waals surface area contributed by atoms with Gasteiger partial charge in [0.25, 0.3) is 0 Å². The van der Waals surface area contributed by atoms with Gasteiger partial charge >= 0.3 is 0 Å². The van der Waals surface area contributed by atoms with E-state index in [-0.39, 0.29) is 0 Å². The minimum absolute atomic E-state index is 0.320. The average Bonchev–Trinajstić information content (AvgIpc) is 2.76. The zero-order chi connectivity index (χ0) is 13.6. The third-order valence-corrected chi connectivity index (χ3v) is 4.57. The highest BCUT2D eigenvalue weighted by Crippen LogP contribution is 2.33. The molecule has 0 amide bonds. The Morgan fingerprint density at radius 3 is 2.61 bits per heavy atom.